The minimum absolute atomic E-state index is 0.151. The number of benzene rings is 2. The molecular formula is C19H21ClN2O4S. The van der Waals surface area contributed by atoms with Gasteiger partial charge in [0.2, 0.25) is 10.0 Å². The van der Waals surface area contributed by atoms with Crippen LogP contribution in [0.2, 0.25) is 5.02 Å². The van der Waals surface area contributed by atoms with Gasteiger partial charge in [0, 0.05) is 29.4 Å². The first-order valence-electron chi connectivity index (χ1n) is 8.58. The van der Waals surface area contributed by atoms with Crippen molar-refractivity contribution in [2.24, 2.45) is 0 Å². The summed E-state index contributed by atoms with van der Waals surface area (Å²) in [7, 11) is -3.60. The van der Waals surface area contributed by atoms with Gasteiger partial charge in [-0.3, -0.25) is 4.79 Å². The smallest absolute Gasteiger partial charge is 0.255 e. The normalized spacial score (nSPS) is 21.0. The number of carbonyl (C=O) groups is 1. The van der Waals surface area contributed by atoms with E-state index in [1.807, 2.05) is 13.8 Å². The van der Waals surface area contributed by atoms with Gasteiger partial charge >= 0.3 is 0 Å². The SMILES string of the molecule is CC1CN(S(=O)(=O)c2ccc(NC(=O)c3ccc(Cl)cc3)cc2)CC(C)O1. The second-order valence-electron chi connectivity index (χ2n) is 6.56. The molecule has 2 atom stereocenters. The number of ether oxygens (including phenoxy) is 1. The minimum atomic E-state index is -3.60. The molecule has 1 aliphatic rings. The van der Waals surface area contributed by atoms with E-state index in [-0.39, 0.29) is 23.0 Å². The van der Waals surface area contributed by atoms with Crippen molar-refractivity contribution in [2.45, 2.75) is 31.0 Å². The molecule has 27 heavy (non-hydrogen) atoms. The Bertz CT molecular complexity index is 904. The van der Waals surface area contributed by atoms with Gasteiger partial charge in [0.05, 0.1) is 17.1 Å². The van der Waals surface area contributed by atoms with Crippen LogP contribution in [-0.2, 0) is 14.8 Å². The molecule has 6 nitrogen and oxygen atoms in total. The molecule has 0 spiro atoms. The first kappa shape index (κ1) is 19.8. The van der Waals surface area contributed by atoms with Crippen molar-refractivity contribution in [2.75, 3.05) is 18.4 Å². The fraction of sp³-hybridized carbons (Fsp3) is 0.316. The molecule has 3 rings (SSSR count). The van der Waals surface area contributed by atoms with Gasteiger partial charge in [-0.2, -0.15) is 4.31 Å². The number of rotatable bonds is 4. The second-order valence-corrected chi connectivity index (χ2v) is 8.94. The summed E-state index contributed by atoms with van der Waals surface area (Å²) in [5.41, 5.74) is 0.977. The van der Waals surface area contributed by atoms with E-state index >= 15 is 0 Å². The van der Waals surface area contributed by atoms with E-state index < -0.39 is 10.0 Å². The Morgan fingerprint density at radius 3 is 2.15 bits per heavy atom. The maximum absolute atomic E-state index is 12.8. The van der Waals surface area contributed by atoms with Gasteiger partial charge in [-0.25, -0.2) is 8.42 Å². The lowest BCUT2D eigenvalue weighted by molar-refractivity contribution is -0.0440. The van der Waals surface area contributed by atoms with Crippen LogP contribution in [-0.4, -0.2) is 43.9 Å². The molecule has 2 aromatic rings. The molecule has 2 unspecified atom stereocenters. The van der Waals surface area contributed by atoms with Crippen molar-refractivity contribution < 1.29 is 17.9 Å². The van der Waals surface area contributed by atoms with Crippen LogP contribution >= 0.6 is 11.6 Å². The van der Waals surface area contributed by atoms with Crippen LogP contribution < -0.4 is 5.32 Å². The third-order valence-electron chi connectivity index (χ3n) is 4.24. The van der Waals surface area contributed by atoms with Gasteiger partial charge in [0.15, 0.2) is 0 Å². The molecule has 0 saturated carbocycles. The highest BCUT2D eigenvalue weighted by molar-refractivity contribution is 7.89. The number of morpholine rings is 1. The molecule has 8 heteroatoms. The van der Waals surface area contributed by atoms with Crippen LogP contribution in [0.4, 0.5) is 5.69 Å². The van der Waals surface area contributed by atoms with Gasteiger partial charge in [-0.1, -0.05) is 11.6 Å². The van der Waals surface area contributed by atoms with Crippen molar-refractivity contribution in [1.82, 2.24) is 4.31 Å². The Morgan fingerprint density at radius 1 is 1.04 bits per heavy atom. The third-order valence-corrected chi connectivity index (χ3v) is 6.34. The van der Waals surface area contributed by atoms with Crippen molar-refractivity contribution in [1.29, 1.82) is 0 Å². The van der Waals surface area contributed by atoms with Crippen LogP contribution in [0.1, 0.15) is 24.2 Å². The van der Waals surface area contributed by atoms with Crippen LogP contribution in [0.5, 0.6) is 0 Å². The van der Waals surface area contributed by atoms with E-state index in [4.69, 9.17) is 16.3 Å². The Morgan fingerprint density at radius 2 is 1.59 bits per heavy atom. The van der Waals surface area contributed by atoms with E-state index in [1.165, 1.54) is 16.4 Å². The maximum Gasteiger partial charge on any atom is 0.255 e. The topological polar surface area (TPSA) is 75.7 Å². The summed E-state index contributed by atoms with van der Waals surface area (Å²) in [4.78, 5) is 12.4. The number of nitrogens with one attached hydrogen (secondary N) is 1. The molecule has 1 amide bonds. The van der Waals surface area contributed by atoms with Crippen LogP contribution in [0.25, 0.3) is 0 Å². The monoisotopic (exact) mass is 408 g/mol. The largest absolute Gasteiger partial charge is 0.373 e. The lowest BCUT2D eigenvalue weighted by Gasteiger charge is -2.34. The fourth-order valence-corrected chi connectivity index (χ4v) is 4.71. The predicted octanol–water partition coefficient (Wildman–Crippen LogP) is 3.39. The molecule has 2 aromatic carbocycles. The van der Waals surface area contributed by atoms with Gasteiger partial charge in [0.1, 0.15) is 0 Å². The van der Waals surface area contributed by atoms with Crippen molar-refractivity contribution in [3.05, 3.63) is 59.1 Å². The summed E-state index contributed by atoms with van der Waals surface area (Å²) >= 11 is 5.82. The number of nitrogens with zero attached hydrogens (tertiary/aromatic N) is 1. The minimum Gasteiger partial charge on any atom is -0.373 e. The van der Waals surface area contributed by atoms with Crippen LogP contribution in [0.3, 0.4) is 0 Å². The zero-order valence-electron chi connectivity index (χ0n) is 15.1. The summed E-state index contributed by atoms with van der Waals surface area (Å²) in [6.07, 6.45) is -0.303. The molecule has 0 bridgehead atoms. The number of amides is 1. The summed E-state index contributed by atoms with van der Waals surface area (Å²) in [5, 5.41) is 3.29. The second kappa shape index (κ2) is 7.98. The number of sulfonamides is 1. The van der Waals surface area contributed by atoms with Gasteiger partial charge in [-0.05, 0) is 62.4 Å². The van der Waals surface area contributed by atoms with Gasteiger partial charge < -0.3 is 10.1 Å². The zero-order valence-corrected chi connectivity index (χ0v) is 16.6. The lowest BCUT2D eigenvalue weighted by Crippen LogP contribution is -2.48. The Kier molecular flexibility index (Phi) is 5.86. The Hall–Kier alpha value is -1.93. The summed E-state index contributed by atoms with van der Waals surface area (Å²) in [5.74, 6) is -0.293. The van der Waals surface area contributed by atoms with E-state index in [1.54, 1.807) is 36.4 Å². The van der Waals surface area contributed by atoms with Crippen LogP contribution in [0, 0.1) is 0 Å². The van der Waals surface area contributed by atoms with E-state index in [9.17, 15) is 13.2 Å². The number of carbonyl (C=O) groups excluding carboxylic acids is 1. The van der Waals surface area contributed by atoms with E-state index in [2.05, 4.69) is 5.32 Å². The zero-order chi connectivity index (χ0) is 19.6. The first-order valence-corrected chi connectivity index (χ1v) is 10.4. The molecule has 0 radical (unpaired) electrons. The molecule has 1 aliphatic heterocycles. The summed E-state index contributed by atoms with van der Waals surface area (Å²) < 4.78 is 32.7. The molecule has 144 valence electrons. The molecule has 1 N–H and O–H groups in total. The Balaban J connectivity index is 1.72. The molecule has 1 saturated heterocycles. The highest BCUT2D eigenvalue weighted by Gasteiger charge is 2.32. The van der Waals surface area contributed by atoms with E-state index in [0.717, 1.165) is 0 Å². The molecule has 1 heterocycles. The van der Waals surface area contributed by atoms with Crippen LogP contribution in [0.15, 0.2) is 53.4 Å². The third kappa shape index (κ3) is 4.68. The average Bonchev–Trinajstić information content (AvgIpc) is 2.62. The van der Waals surface area contributed by atoms with Gasteiger partial charge in [0.25, 0.3) is 5.91 Å². The molecular weight excluding hydrogens is 388 g/mol. The molecule has 0 aromatic heterocycles. The van der Waals surface area contributed by atoms with Crippen molar-refractivity contribution >= 4 is 33.2 Å². The van der Waals surface area contributed by atoms with Crippen molar-refractivity contribution in [3.8, 4) is 0 Å². The van der Waals surface area contributed by atoms with Gasteiger partial charge in [-0.15, -0.1) is 0 Å². The average molecular weight is 409 g/mol. The Labute approximate surface area is 164 Å². The maximum atomic E-state index is 12.8. The van der Waals surface area contributed by atoms with Crippen molar-refractivity contribution in [3.63, 3.8) is 0 Å². The molecule has 0 aliphatic carbocycles. The standard InChI is InChI=1S/C19H21ClN2O4S/c1-13-11-22(12-14(2)26-13)27(24,25)18-9-7-17(8-10-18)21-19(23)15-3-5-16(20)6-4-15/h3-10,13-14H,11-12H2,1-2H3,(H,21,23). The fourth-order valence-electron chi connectivity index (χ4n) is 2.99. The number of halogens is 1. The summed E-state index contributed by atoms with van der Waals surface area (Å²) in [6.45, 7) is 4.35. The quantitative estimate of drug-likeness (QED) is 0.841. The first-order chi connectivity index (χ1) is 12.8. The van der Waals surface area contributed by atoms with E-state index in [0.29, 0.717) is 29.4 Å². The highest BCUT2D eigenvalue weighted by atomic mass is 35.5. The number of hydrogen-bond donors (Lipinski definition) is 1. The summed E-state index contributed by atoms with van der Waals surface area (Å²) in [6, 6.07) is 12.7. The predicted molar refractivity (Wildman–Crippen MR) is 105 cm³/mol. The number of hydrogen-bond acceptors (Lipinski definition) is 4. The molecule has 1 fully saturated rings. The highest BCUT2D eigenvalue weighted by Crippen LogP contribution is 2.23. The number of anilines is 1. The lowest BCUT2D eigenvalue weighted by atomic mass is 10.2.